The maximum absolute atomic E-state index is 12.7. The summed E-state index contributed by atoms with van der Waals surface area (Å²) in [6.45, 7) is 0.314. The Morgan fingerprint density at radius 2 is 1.76 bits per heavy atom. The molecule has 0 aliphatic rings. The van der Waals surface area contributed by atoms with E-state index in [1.807, 2.05) is 18.2 Å². The van der Waals surface area contributed by atoms with Crippen molar-refractivity contribution in [3.05, 3.63) is 94.0 Å². The summed E-state index contributed by atoms with van der Waals surface area (Å²) in [5.41, 5.74) is 1.76. The summed E-state index contributed by atoms with van der Waals surface area (Å²) in [5, 5.41) is 12.8. The third kappa shape index (κ3) is 6.15. The largest absolute Gasteiger partial charge is 0.493 e. The van der Waals surface area contributed by atoms with E-state index in [0.717, 1.165) is 5.56 Å². The van der Waals surface area contributed by atoms with Crippen LogP contribution in [0.25, 0.3) is 6.08 Å². The van der Waals surface area contributed by atoms with Crippen LogP contribution in [-0.4, -0.2) is 26.1 Å². The van der Waals surface area contributed by atoms with E-state index < -0.39 is 11.9 Å². The fourth-order valence-corrected chi connectivity index (χ4v) is 3.15. The van der Waals surface area contributed by atoms with E-state index in [0.29, 0.717) is 28.7 Å². The first-order valence-corrected chi connectivity index (χ1v) is 10.5. The molecule has 0 radical (unpaired) electrons. The van der Waals surface area contributed by atoms with E-state index >= 15 is 0 Å². The Balaban J connectivity index is 1.78. The predicted molar refractivity (Wildman–Crippen MR) is 129 cm³/mol. The quantitative estimate of drug-likeness (QED) is 0.270. The standard InChI is InChI=1S/C26H21ClN2O5/c1-32-24-14-18(9-12-23(24)34-16-17-7-10-20(27)11-8-17)13-19(15-28)25(30)29-22-6-4-3-5-21(22)26(31)33-2/h3-14H,16H2,1-2H3,(H,29,30). The Labute approximate surface area is 202 Å². The van der Waals surface area contributed by atoms with Crippen molar-refractivity contribution < 1.29 is 23.8 Å². The number of amides is 1. The Morgan fingerprint density at radius 3 is 2.44 bits per heavy atom. The number of hydrogen-bond donors (Lipinski definition) is 1. The zero-order valence-corrected chi connectivity index (χ0v) is 19.3. The zero-order valence-electron chi connectivity index (χ0n) is 18.5. The molecule has 1 N–H and O–H groups in total. The minimum absolute atomic E-state index is 0.156. The van der Waals surface area contributed by atoms with Gasteiger partial charge in [-0.15, -0.1) is 0 Å². The van der Waals surface area contributed by atoms with Crippen molar-refractivity contribution in [2.45, 2.75) is 6.61 Å². The topological polar surface area (TPSA) is 97.7 Å². The van der Waals surface area contributed by atoms with Gasteiger partial charge in [-0.2, -0.15) is 5.26 Å². The summed E-state index contributed by atoms with van der Waals surface area (Å²) < 4.78 is 16.0. The van der Waals surface area contributed by atoms with Crippen LogP contribution >= 0.6 is 11.6 Å². The molecule has 34 heavy (non-hydrogen) atoms. The lowest BCUT2D eigenvalue weighted by atomic mass is 10.1. The highest BCUT2D eigenvalue weighted by molar-refractivity contribution is 6.30. The molecule has 3 rings (SSSR count). The Bertz CT molecular complexity index is 1260. The molecule has 0 saturated heterocycles. The first-order valence-electron chi connectivity index (χ1n) is 10.1. The second-order valence-corrected chi connectivity index (χ2v) is 7.42. The van der Waals surface area contributed by atoms with Crippen LogP contribution in [0.5, 0.6) is 11.5 Å². The number of benzene rings is 3. The van der Waals surface area contributed by atoms with Gasteiger partial charge in [-0.25, -0.2) is 4.79 Å². The maximum atomic E-state index is 12.7. The Kier molecular flexibility index (Phi) is 8.27. The molecule has 0 heterocycles. The third-order valence-corrected chi connectivity index (χ3v) is 5.00. The van der Waals surface area contributed by atoms with Gasteiger partial charge in [-0.05, 0) is 53.6 Å². The van der Waals surface area contributed by atoms with Gasteiger partial charge in [0.1, 0.15) is 18.2 Å². The summed E-state index contributed by atoms with van der Waals surface area (Å²) >= 11 is 5.90. The van der Waals surface area contributed by atoms with Crippen molar-refractivity contribution in [1.82, 2.24) is 0 Å². The molecule has 0 atom stereocenters. The Hall–Kier alpha value is -4.28. The van der Waals surface area contributed by atoms with E-state index in [9.17, 15) is 14.9 Å². The first-order chi connectivity index (χ1) is 16.4. The van der Waals surface area contributed by atoms with Crippen molar-refractivity contribution in [2.75, 3.05) is 19.5 Å². The number of carbonyl (C=O) groups is 2. The molecule has 0 saturated carbocycles. The number of carbonyl (C=O) groups excluding carboxylic acids is 2. The number of nitrogens with zero attached hydrogens (tertiary/aromatic N) is 1. The Morgan fingerprint density at radius 1 is 1.03 bits per heavy atom. The lowest BCUT2D eigenvalue weighted by molar-refractivity contribution is -0.112. The van der Waals surface area contributed by atoms with Gasteiger partial charge in [-0.3, -0.25) is 4.79 Å². The predicted octanol–water partition coefficient (Wildman–Crippen LogP) is 5.26. The van der Waals surface area contributed by atoms with Crippen LogP contribution in [0.2, 0.25) is 5.02 Å². The molecule has 0 spiro atoms. The number of anilines is 1. The number of ether oxygens (including phenoxy) is 3. The van der Waals surface area contributed by atoms with Gasteiger partial charge in [0, 0.05) is 5.02 Å². The van der Waals surface area contributed by atoms with Crippen molar-refractivity contribution in [1.29, 1.82) is 5.26 Å². The van der Waals surface area contributed by atoms with E-state index in [-0.39, 0.29) is 16.8 Å². The summed E-state index contributed by atoms with van der Waals surface area (Å²) in [5.74, 6) is -0.320. The molecule has 172 valence electrons. The summed E-state index contributed by atoms with van der Waals surface area (Å²) in [6, 6.07) is 20.6. The van der Waals surface area contributed by atoms with Gasteiger partial charge >= 0.3 is 5.97 Å². The lowest BCUT2D eigenvalue weighted by Crippen LogP contribution is -2.16. The van der Waals surface area contributed by atoms with Gasteiger partial charge in [0.15, 0.2) is 11.5 Å². The molecule has 3 aromatic rings. The van der Waals surface area contributed by atoms with Crippen LogP contribution in [0.4, 0.5) is 5.69 Å². The molecular weight excluding hydrogens is 456 g/mol. The summed E-state index contributed by atoms with van der Waals surface area (Å²) in [4.78, 5) is 24.6. The van der Waals surface area contributed by atoms with Crippen molar-refractivity contribution in [3.8, 4) is 17.6 Å². The molecular formula is C26H21ClN2O5. The highest BCUT2D eigenvalue weighted by atomic mass is 35.5. The second-order valence-electron chi connectivity index (χ2n) is 6.99. The van der Waals surface area contributed by atoms with E-state index in [1.54, 1.807) is 48.5 Å². The SMILES string of the molecule is COC(=O)c1ccccc1NC(=O)C(C#N)=Cc1ccc(OCc2ccc(Cl)cc2)c(OC)c1. The second kappa shape index (κ2) is 11.5. The van der Waals surface area contributed by atoms with Gasteiger partial charge in [0.05, 0.1) is 25.5 Å². The van der Waals surface area contributed by atoms with Gasteiger partial charge in [0.25, 0.3) is 5.91 Å². The number of rotatable bonds is 8. The monoisotopic (exact) mass is 476 g/mol. The lowest BCUT2D eigenvalue weighted by Gasteiger charge is -2.12. The van der Waals surface area contributed by atoms with Gasteiger partial charge < -0.3 is 19.5 Å². The fraction of sp³-hybridized carbons (Fsp3) is 0.115. The average Bonchev–Trinajstić information content (AvgIpc) is 2.87. The van der Waals surface area contributed by atoms with E-state index in [1.165, 1.54) is 26.4 Å². The molecule has 1 amide bonds. The molecule has 3 aromatic carbocycles. The van der Waals surface area contributed by atoms with E-state index in [2.05, 4.69) is 5.32 Å². The molecule has 7 nitrogen and oxygen atoms in total. The number of halogens is 1. The minimum Gasteiger partial charge on any atom is -0.493 e. The van der Waals surface area contributed by atoms with Gasteiger partial charge in [-0.1, -0.05) is 41.9 Å². The summed E-state index contributed by atoms with van der Waals surface area (Å²) in [6.07, 6.45) is 1.42. The highest BCUT2D eigenvalue weighted by Crippen LogP contribution is 2.30. The van der Waals surface area contributed by atoms with Crippen LogP contribution in [0.3, 0.4) is 0 Å². The number of nitriles is 1. The normalized spacial score (nSPS) is 10.7. The number of nitrogens with one attached hydrogen (secondary N) is 1. The molecule has 8 heteroatoms. The van der Waals surface area contributed by atoms with Crippen LogP contribution in [0, 0.1) is 11.3 Å². The molecule has 0 bridgehead atoms. The number of para-hydroxylation sites is 1. The highest BCUT2D eigenvalue weighted by Gasteiger charge is 2.16. The van der Waals surface area contributed by atoms with Crippen molar-refractivity contribution in [2.24, 2.45) is 0 Å². The fourth-order valence-electron chi connectivity index (χ4n) is 3.02. The number of esters is 1. The van der Waals surface area contributed by atoms with Crippen LogP contribution < -0.4 is 14.8 Å². The average molecular weight is 477 g/mol. The molecule has 0 aliphatic heterocycles. The molecule has 0 fully saturated rings. The zero-order chi connectivity index (χ0) is 24.5. The van der Waals surface area contributed by atoms with Crippen LogP contribution in [0.1, 0.15) is 21.5 Å². The number of methoxy groups -OCH3 is 2. The molecule has 0 aliphatic carbocycles. The summed E-state index contributed by atoms with van der Waals surface area (Å²) in [7, 11) is 2.75. The molecule has 0 unspecified atom stereocenters. The molecule has 0 aromatic heterocycles. The minimum atomic E-state index is -0.666. The van der Waals surface area contributed by atoms with Crippen molar-refractivity contribution >= 4 is 35.2 Å². The third-order valence-electron chi connectivity index (χ3n) is 4.75. The van der Waals surface area contributed by atoms with Crippen LogP contribution in [-0.2, 0) is 16.1 Å². The number of hydrogen-bond acceptors (Lipinski definition) is 6. The maximum Gasteiger partial charge on any atom is 0.339 e. The van der Waals surface area contributed by atoms with Gasteiger partial charge in [0.2, 0.25) is 0 Å². The van der Waals surface area contributed by atoms with Crippen molar-refractivity contribution in [3.63, 3.8) is 0 Å². The van der Waals surface area contributed by atoms with Crippen LogP contribution in [0.15, 0.2) is 72.3 Å². The van der Waals surface area contributed by atoms with E-state index in [4.69, 9.17) is 25.8 Å². The smallest absolute Gasteiger partial charge is 0.339 e. The first kappa shape index (κ1) is 24.4.